The van der Waals surface area contributed by atoms with Crippen LogP contribution in [-0.4, -0.2) is 47.9 Å². The van der Waals surface area contributed by atoms with E-state index in [-0.39, 0.29) is 23.2 Å². The number of aliphatic hydroxyl groups is 1. The molecule has 2 aromatic carbocycles. The lowest BCUT2D eigenvalue weighted by atomic mass is 10.1. The van der Waals surface area contributed by atoms with Crippen molar-refractivity contribution < 1.29 is 19.0 Å². The van der Waals surface area contributed by atoms with E-state index in [9.17, 15) is 9.90 Å². The van der Waals surface area contributed by atoms with Gasteiger partial charge in [-0.1, -0.05) is 81.4 Å². The zero-order chi connectivity index (χ0) is 24.1. The fraction of sp³-hybridized carbons (Fsp3) is 0.385. The van der Waals surface area contributed by atoms with E-state index in [0.29, 0.717) is 5.56 Å². The third-order valence-corrected chi connectivity index (χ3v) is 11.8. The predicted molar refractivity (Wildman–Crippen MR) is 131 cm³/mol. The van der Waals surface area contributed by atoms with Gasteiger partial charge in [0.15, 0.2) is 12.3 Å². The molecule has 0 amide bonds. The van der Waals surface area contributed by atoms with Crippen molar-refractivity contribution in [2.24, 2.45) is 0 Å². The monoisotopic (exact) mass is 478 g/mol. The number of benzene rings is 2. The van der Waals surface area contributed by atoms with Crippen LogP contribution in [-0.2, 0) is 9.16 Å². The highest BCUT2D eigenvalue weighted by Gasteiger charge is 2.54. The summed E-state index contributed by atoms with van der Waals surface area (Å²) >= 11 is 0. The van der Waals surface area contributed by atoms with Crippen LogP contribution in [0.5, 0.6) is 6.01 Å². The molecule has 0 radical (unpaired) electrons. The molecule has 1 fully saturated rings. The molecule has 3 heterocycles. The Morgan fingerprint density at radius 1 is 1.06 bits per heavy atom. The molecule has 2 aliphatic rings. The van der Waals surface area contributed by atoms with E-state index in [1.807, 2.05) is 36.4 Å². The first-order chi connectivity index (χ1) is 16.2. The van der Waals surface area contributed by atoms with Crippen LogP contribution >= 0.6 is 0 Å². The highest BCUT2D eigenvalue weighted by Crippen LogP contribution is 2.41. The Morgan fingerprint density at radius 2 is 1.65 bits per heavy atom. The molecule has 1 saturated heterocycles. The summed E-state index contributed by atoms with van der Waals surface area (Å²) in [6.07, 6.45) is -1.01. The zero-order valence-corrected chi connectivity index (χ0v) is 20.8. The average molecular weight is 479 g/mol. The summed E-state index contributed by atoms with van der Waals surface area (Å²) in [4.78, 5) is 15.9. The van der Waals surface area contributed by atoms with Gasteiger partial charge in [0.2, 0.25) is 0 Å². The second kappa shape index (κ2) is 8.46. The lowest BCUT2D eigenvalue weighted by Gasteiger charge is -2.43. The van der Waals surface area contributed by atoms with Gasteiger partial charge in [0.25, 0.3) is 13.9 Å². The molecule has 4 atom stereocenters. The topological polar surface area (TPSA) is 82.8 Å². The summed E-state index contributed by atoms with van der Waals surface area (Å²) in [5.41, 5.74) is 0.158. The van der Waals surface area contributed by atoms with Crippen LogP contribution in [0.15, 0.2) is 71.7 Å². The fourth-order valence-electron chi connectivity index (χ4n) is 5.12. The minimum Gasteiger partial charge on any atom is -0.453 e. The van der Waals surface area contributed by atoms with Crippen molar-refractivity contribution in [3.63, 3.8) is 0 Å². The van der Waals surface area contributed by atoms with Crippen LogP contribution in [0.25, 0.3) is 0 Å². The van der Waals surface area contributed by atoms with Gasteiger partial charge in [-0.3, -0.25) is 9.36 Å². The van der Waals surface area contributed by atoms with Gasteiger partial charge >= 0.3 is 6.01 Å². The van der Waals surface area contributed by atoms with Gasteiger partial charge in [-0.2, -0.15) is 4.98 Å². The smallest absolute Gasteiger partial charge is 0.302 e. The van der Waals surface area contributed by atoms with E-state index >= 15 is 0 Å². The van der Waals surface area contributed by atoms with Crippen molar-refractivity contribution in [3.05, 3.63) is 82.8 Å². The van der Waals surface area contributed by atoms with E-state index in [0.717, 1.165) is 0 Å². The Balaban J connectivity index is 1.47. The minimum absolute atomic E-state index is 0.177. The molecule has 0 aliphatic carbocycles. The minimum atomic E-state index is -2.76. The van der Waals surface area contributed by atoms with Crippen LogP contribution in [0, 0.1) is 6.92 Å². The number of fused-ring (bicyclic) bond motifs is 3. The van der Waals surface area contributed by atoms with Crippen molar-refractivity contribution in [1.82, 2.24) is 9.55 Å². The molecule has 0 saturated carbocycles. The van der Waals surface area contributed by atoms with Crippen LogP contribution in [0.3, 0.4) is 0 Å². The van der Waals surface area contributed by atoms with Crippen molar-refractivity contribution >= 4 is 18.7 Å². The molecule has 0 bridgehead atoms. The fourth-order valence-corrected chi connectivity index (χ4v) is 9.69. The molecular weight excluding hydrogens is 448 g/mol. The first kappa shape index (κ1) is 23.0. The second-order valence-electron chi connectivity index (χ2n) is 10.0. The summed E-state index contributed by atoms with van der Waals surface area (Å²) < 4.78 is 20.7. The van der Waals surface area contributed by atoms with E-state index in [1.54, 1.807) is 17.7 Å². The van der Waals surface area contributed by atoms with Gasteiger partial charge in [-0.15, -0.1) is 0 Å². The van der Waals surface area contributed by atoms with Gasteiger partial charge in [0.1, 0.15) is 12.2 Å². The molecule has 7 nitrogen and oxygen atoms in total. The summed E-state index contributed by atoms with van der Waals surface area (Å²) in [7, 11) is -2.76. The van der Waals surface area contributed by atoms with Gasteiger partial charge < -0.3 is 19.0 Å². The Bertz CT molecular complexity index is 1190. The Labute approximate surface area is 200 Å². The van der Waals surface area contributed by atoms with E-state index in [4.69, 9.17) is 13.9 Å². The highest BCUT2D eigenvalue weighted by molar-refractivity contribution is 6.99. The number of rotatable bonds is 5. The Hall–Kier alpha value is -2.78. The quantitative estimate of drug-likeness (QED) is 0.566. The van der Waals surface area contributed by atoms with Crippen LogP contribution in [0.2, 0.25) is 5.04 Å². The second-order valence-corrected chi connectivity index (χ2v) is 14.3. The number of aryl methyl sites for hydroxylation is 1. The molecule has 3 aromatic rings. The normalized spacial score (nSPS) is 23.9. The summed E-state index contributed by atoms with van der Waals surface area (Å²) in [6.45, 7) is 8.55. The molecule has 1 N–H and O–H groups in total. The predicted octanol–water partition coefficient (Wildman–Crippen LogP) is 2.15. The molecule has 34 heavy (non-hydrogen) atoms. The van der Waals surface area contributed by atoms with Gasteiger partial charge in [-0.05, 0) is 22.3 Å². The third-order valence-electron chi connectivity index (χ3n) is 6.80. The number of aromatic nitrogens is 2. The molecule has 178 valence electrons. The first-order valence-corrected chi connectivity index (χ1v) is 13.5. The molecule has 1 unspecified atom stereocenters. The summed E-state index contributed by atoms with van der Waals surface area (Å²) in [5, 5.41) is 13.2. The van der Waals surface area contributed by atoms with Crippen molar-refractivity contribution in [3.8, 4) is 6.01 Å². The maximum Gasteiger partial charge on any atom is 0.302 e. The lowest BCUT2D eigenvalue weighted by molar-refractivity contribution is -0.0401. The summed E-state index contributed by atoms with van der Waals surface area (Å²) in [6, 6.07) is 20.9. The number of hydrogen-bond donors (Lipinski definition) is 1. The third kappa shape index (κ3) is 3.62. The average Bonchev–Trinajstić information content (AvgIpc) is 3.31. The lowest BCUT2D eigenvalue weighted by Crippen LogP contribution is -2.67. The zero-order valence-electron chi connectivity index (χ0n) is 19.8. The van der Waals surface area contributed by atoms with E-state index < -0.39 is 32.9 Å². The van der Waals surface area contributed by atoms with Crippen LogP contribution in [0.1, 0.15) is 32.6 Å². The van der Waals surface area contributed by atoms with Crippen molar-refractivity contribution in [1.29, 1.82) is 0 Å². The molecule has 2 aliphatic heterocycles. The van der Waals surface area contributed by atoms with Crippen molar-refractivity contribution in [2.45, 2.75) is 57.3 Å². The van der Waals surface area contributed by atoms with Gasteiger partial charge in [0.05, 0.1) is 6.61 Å². The van der Waals surface area contributed by atoms with E-state index in [1.165, 1.54) is 10.4 Å². The number of hydrogen-bond acceptors (Lipinski definition) is 6. The van der Waals surface area contributed by atoms with E-state index in [2.05, 4.69) is 50.0 Å². The largest absolute Gasteiger partial charge is 0.453 e. The molecular formula is C26H30N2O5Si. The Morgan fingerprint density at radius 3 is 2.21 bits per heavy atom. The number of nitrogens with zero attached hydrogens (tertiary/aromatic N) is 2. The number of aliphatic hydroxyl groups excluding tert-OH is 1. The van der Waals surface area contributed by atoms with Crippen LogP contribution < -0.4 is 20.7 Å². The maximum atomic E-state index is 11.9. The molecule has 0 spiro atoms. The van der Waals surface area contributed by atoms with Gasteiger partial charge in [0, 0.05) is 11.8 Å². The standard InChI is InChI=1S/C26H30N2O5Si/c1-17-15-28-24-22(33-25(28)27-23(17)30)21(29)20(32-24)16-31-34(26(2,3)4,18-11-7-5-8-12-18)19-13-9-6-10-14-19/h5-15,20-22,24,29H,16H2,1-4H3/t20-,21?,22-,24-/m1/s1. The van der Waals surface area contributed by atoms with Gasteiger partial charge in [-0.25, -0.2) is 0 Å². The maximum absolute atomic E-state index is 11.9. The molecule has 1 aromatic heterocycles. The van der Waals surface area contributed by atoms with Crippen molar-refractivity contribution in [2.75, 3.05) is 6.61 Å². The van der Waals surface area contributed by atoms with Crippen LogP contribution in [0.4, 0.5) is 0 Å². The number of ether oxygens (including phenoxy) is 2. The molecule has 8 heteroatoms. The Kier molecular flexibility index (Phi) is 5.72. The molecule has 5 rings (SSSR count). The summed E-state index contributed by atoms with van der Waals surface area (Å²) in [5.74, 6) is 0. The highest BCUT2D eigenvalue weighted by atomic mass is 28.4. The SMILES string of the molecule is Cc1cn2c(nc1=O)O[C@@H]1C(O)[C@@H](CO[Si](c3ccccc3)(c3ccccc3)C(C)(C)C)O[C@H]12. The first-order valence-electron chi connectivity index (χ1n) is 11.6.